The molecule has 1 aromatic rings. The second-order valence-corrected chi connectivity index (χ2v) is 5.73. The first-order valence-corrected chi connectivity index (χ1v) is 7.57. The largest absolute Gasteiger partial charge is 0.466 e. The van der Waals surface area contributed by atoms with E-state index in [-0.39, 0.29) is 12.6 Å². The highest BCUT2D eigenvalue weighted by atomic mass is 16.5. The van der Waals surface area contributed by atoms with E-state index in [4.69, 9.17) is 9.47 Å². The van der Waals surface area contributed by atoms with E-state index in [0.717, 1.165) is 5.56 Å². The lowest BCUT2D eigenvalue weighted by atomic mass is 9.97. The summed E-state index contributed by atoms with van der Waals surface area (Å²) in [7, 11) is 0. The van der Waals surface area contributed by atoms with Crippen molar-refractivity contribution in [3.63, 3.8) is 0 Å². The third-order valence-electron chi connectivity index (χ3n) is 3.14. The zero-order valence-corrected chi connectivity index (χ0v) is 13.6. The van der Waals surface area contributed by atoms with Gasteiger partial charge in [-0.05, 0) is 39.2 Å². The number of nitrogens with one attached hydrogen (secondary N) is 1. The van der Waals surface area contributed by atoms with Crippen LogP contribution in [0.25, 0.3) is 0 Å². The Bertz CT molecular complexity index is 471. The molecule has 0 saturated heterocycles. The van der Waals surface area contributed by atoms with Gasteiger partial charge in [-0.25, -0.2) is 4.79 Å². The van der Waals surface area contributed by atoms with Crippen molar-refractivity contribution in [1.82, 2.24) is 5.32 Å². The number of rotatable bonds is 8. The van der Waals surface area contributed by atoms with Gasteiger partial charge in [-0.15, -0.1) is 0 Å². The molecule has 5 nitrogen and oxygen atoms in total. The van der Waals surface area contributed by atoms with Crippen LogP contribution in [0.15, 0.2) is 30.3 Å². The molecule has 0 unspecified atom stereocenters. The lowest BCUT2D eigenvalue weighted by Gasteiger charge is -2.25. The molecule has 1 aromatic carbocycles. The number of benzene rings is 1. The molecule has 0 radical (unpaired) electrons. The Morgan fingerprint density at radius 3 is 2.45 bits per heavy atom. The van der Waals surface area contributed by atoms with E-state index in [0.29, 0.717) is 25.9 Å². The molecule has 5 heteroatoms. The summed E-state index contributed by atoms with van der Waals surface area (Å²) < 4.78 is 10.1. The molecule has 0 heterocycles. The normalized spacial score (nSPS) is 10.9. The van der Waals surface area contributed by atoms with Gasteiger partial charge in [0, 0.05) is 12.0 Å². The van der Waals surface area contributed by atoms with Gasteiger partial charge in [-0.3, -0.25) is 4.79 Å². The molecule has 1 amide bonds. The van der Waals surface area contributed by atoms with Crippen LogP contribution in [0.2, 0.25) is 0 Å². The lowest BCUT2D eigenvalue weighted by molar-refractivity contribution is -0.143. The van der Waals surface area contributed by atoms with E-state index in [2.05, 4.69) is 5.32 Å². The third kappa shape index (κ3) is 7.67. The van der Waals surface area contributed by atoms with E-state index in [9.17, 15) is 9.59 Å². The number of hydrogen-bond donors (Lipinski definition) is 1. The van der Waals surface area contributed by atoms with E-state index in [1.807, 2.05) is 44.2 Å². The molecule has 22 heavy (non-hydrogen) atoms. The van der Waals surface area contributed by atoms with Crippen molar-refractivity contribution in [3.05, 3.63) is 35.9 Å². The first-order chi connectivity index (χ1) is 10.4. The van der Waals surface area contributed by atoms with Gasteiger partial charge in [0.15, 0.2) is 0 Å². The Morgan fingerprint density at radius 1 is 1.14 bits per heavy atom. The van der Waals surface area contributed by atoms with Crippen LogP contribution in [-0.2, 0) is 20.9 Å². The summed E-state index contributed by atoms with van der Waals surface area (Å²) in [6.45, 7) is 6.23. The minimum absolute atomic E-state index is 0.204. The van der Waals surface area contributed by atoms with Crippen LogP contribution < -0.4 is 5.32 Å². The van der Waals surface area contributed by atoms with Gasteiger partial charge in [-0.2, -0.15) is 0 Å². The summed E-state index contributed by atoms with van der Waals surface area (Å²) in [5.41, 5.74) is 0.512. The number of ether oxygens (including phenoxy) is 2. The zero-order chi connectivity index (χ0) is 16.4. The molecule has 0 aliphatic carbocycles. The summed E-state index contributed by atoms with van der Waals surface area (Å²) in [4.78, 5) is 23.1. The van der Waals surface area contributed by atoms with Crippen LogP contribution in [0.5, 0.6) is 0 Å². The lowest BCUT2D eigenvalue weighted by Crippen LogP contribution is -2.43. The van der Waals surface area contributed by atoms with Gasteiger partial charge in [0.25, 0.3) is 0 Å². The van der Waals surface area contributed by atoms with Gasteiger partial charge in [-0.1, -0.05) is 30.3 Å². The van der Waals surface area contributed by atoms with Gasteiger partial charge in [0.05, 0.1) is 6.61 Å². The summed E-state index contributed by atoms with van der Waals surface area (Å²) in [6.07, 6.45) is 1.24. The van der Waals surface area contributed by atoms with Crippen LogP contribution in [0.4, 0.5) is 4.79 Å². The Kier molecular flexibility index (Phi) is 7.43. The topological polar surface area (TPSA) is 64.6 Å². The average Bonchev–Trinajstić information content (AvgIpc) is 2.46. The molecule has 0 aliphatic heterocycles. The van der Waals surface area contributed by atoms with Crippen LogP contribution in [0, 0.1) is 0 Å². The van der Waals surface area contributed by atoms with Gasteiger partial charge >= 0.3 is 12.1 Å². The first kappa shape index (κ1) is 18.0. The summed E-state index contributed by atoms with van der Waals surface area (Å²) in [6, 6.07) is 9.51. The van der Waals surface area contributed by atoms with Crippen molar-refractivity contribution in [1.29, 1.82) is 0 Å². The fourth-order valence-corrected chi connectivity index (χ4v) is 2.01. The second-order valence-electron chi connectivity index (χ2n) is 5.73. The Hall–Kier alpha value is -2.04. The van der Waals surface area contributed by atoms with Crippen molar-refractivity contribution >= 4 is 12.1 Å². The third-order valence-corrected chi connectivity index (χ3v) is 3.14. The van der Waals surface area contributed by atoms with E-state index in [1.54, 1.807) is 6.92 Å². The molecule has 0 aromatic heterocycles. The summed E-state index contributed by atoms with van der Waals surface area (Å²) >= 11 is 0. The quantitative estimate of drug-likeness (QED) is 0.747. The number of amides is 1. The molecular weight excluding hydrogens is 282 g/mol. The summed E-state index contributed by atoms with van der Waals surface area (Å²) in [5, 5.41) is 2.82. The Morgan fingerprint density at radius 2 is 1.82 bits per heavy atom. The smallest absolute Gasteiger partial charge is 0.407 e. The number of esters is 1. The van der Waals surface area contributed by atoms with Crippen molar-refractivity contribution in [2.45, 2.75) is 52.2 Å². The highest BCUT2D eigenvalue weighted by Crippen LogP contribution is 2.14. The molecule has 0 spiro atoms. The van der Waals surface area contributed by atoms with Crippen LogP contribution in [0.1, 0.15) is 45.6 Å². The molecule has 1 rings (SSSR count). The summed E-state index contributed by atoms with van der Waals surface area (Å²) in [5.74, 6) is -0.204. The fraction of sp³-hybridized carbons (Fsp3) is 0.529. The number of alkyl carbamates (subject to hydrolysis) is 1. The van der Waals surface area contributed by atoms with Crippen LogP contribution in [0.3, 0.4) is 0 Å². The monoisotopic (exact) mass is 307 g/mol. The van der Waals surface area contributed by atoms with Crippen molar-refractivity contribution in [3.8, 4) is 0 Å². The second kappa shape index (κ2) is 9.07. The predicted octanol–water partition coefficient (Wildman–Crippen LogP) is 3.42. The maximum Gasteiger partial charge on any atom is 0.407 e. The standard InChI is InChI=1S/C17H25NO4/c1-4-21-15(19)11-8-12-17(2,3)18-16(20)22-13-14-9-6-5-7-10-14/h5-7,9-10H,4,8,11-13H2,1-3H3,(H,18,20). The maximum atomic E-state index is 11.8. The molecule has 0 aliphatic rings. The minimum Gasteiger partial charge on any atom is -0.466 e. The fourth-order valence-electron chi connectivity index (χ4n) is 2.01. The van der Waals surface area contributed by atoms with E-state index < -0.39 is 11.6 Å². The maximum absolute atomic E-state index is 11.8. The number of hydrogen-bond acceptors (Lipinski definition) is 4. The molecular formula is C17H25NO4. The average molecular weight is 307 g/mol. The number of carbonyl (C=O) groups excluding carboxylic acids is 2. The Labute approximate surface area is 132 Å². The highest BCUT2D eigenvalue weighted by molar-refractivity contribution is 5.69. The highest BCUT2D eigenvalue weighted by Gasteiger charge is 2.21. The first-order valence-electron chi connectivity index (χ1n) is 7.57. The van der Waals surface area contributed by atoms with Crippen molar-refractivity contribution in [2.24, 2.45) is 0 Å². The minimum atomic E-state index is -0.454. The van der Waals surface area contributed by atoms with Crippen molar-refractivity contribution in [2.75, 3.05) is 6.61 Å². The van der Waals surface area contributed by atoms with Crippen molar-refractivity contribution < 1.29 is 19.1 Å². The molecule has 0 bridgehead atoms. The molecule has 0 fully saturated rings. The van der Waals surface area contributed by atoms with Gasteiger partial charge < -0.3 is 14.8 Å². The molecule has 0 atom stereocenters. The molecule has 0 saturated carbocycles. The van der Waals surface area contributed by atoms with Crippen LogP contribution >= 0.6 is 0 Å². The molecule has 122 valence electrons. The SMILES string of the molecule is CCOC(=O)CCCC(C)(C)NC(=O)OCc1ccccc1. The van der Waals surface area contributed by atoms with E-state index in [1.165, 1.54) is 0 Å². The predicted molar refractivity (Wildman–Crippen MR) is 84.3 cm³/mol. The van der Waals surface area contributed by atoms with Crippen LogP contribution in [-0.4, -0.2) is 24.2 Å². The zero-order valence-electron chi connectivity index (χ0n) is 13.6. The van der Waals surface area contributed by atoms with Gasteiger partial charge in [0.2, 0.25) is 0 Å². The van der Waals surface area contributed by atoms with Gasteiger partial charge in [0.1, 0.15) is 6.61 Å². The Balaban J connectivity index is 2.27. The van der Waals surface area contributed by atoms with E-state index >= 15 is 0 Å². The number of carbonyl (C=O) groups is 2. The molecule has 1 N–H and O–H groups in total.